The Morgan fingerprint density at radius 1 is 1.50 bits per heavy atom. The van der Waals surface area contributed by atoms with Crippen LogP contribution in [0.5, 0.6) is 0 Å². The molecule has 0 radical (unpaired) electrons. The topological polar surface area (TPSA) is 75.6 Å². The molecule has 100 valence electrons. The molecule has 5 nitrogen and oxygen atoms in total. The van der Waals surface area contributed by atoms with Gasteiger partial charge in [0, 0.05) is 6.54 Å². The number of hydrogen-bond acceptors (Lipinski definition) is 4. The number of ether oxygens (including phenoxy) is 1. The monoisotopic (exact) mass is 271 g/mol. The first-order valence-corrected chi connectivity index (χ1v) is 6.45. The van der Waals surface area contributed by atoms with Crippen molar-refractivity contribution in [2.45, 2.75) is 32.3 Å². The summed E-state index contributed by atoms with van der Waals surface area (Å²) in [6.07, 6.45) is -0.607. The van der Waals surface area contributed by atoms with E-state index in [0.717, 1.165) is 0 Å². The molecular weight excluding hydrogens is 254 g/mol. The van der Waals surface area contributed by atoms with Crippen molar-refractivity contribution in [1.29, 1.82) is 0 Å². The molecule has 1 aromatic heterocycles. The second-order valence-corrected chi connectivity index (χ2v) is 5.61. The number of carbonyl (C=O) groups is 2. The molecule has 6 heteroatoms. The van der Waals surface area contributed by atoms with E-state index in [4.69, 9.17) is 9.84 Å². The molecule has 18 heavy (non-hydrogen) atoms. The molecule has 0 aromatic carbocycles. The van der Waals surface area contributed by atoms with E-state index in [0.29, 0.717) is 5.56 Å². The van der Waals surface area contributed by atoms with Crippen LogP contribution in [-0.4, -0.2) is 29.3 Å². The van der Waals surface area contributed by atoms with Crippen LogP contribution in [0.4, 0.5) is 4.79 Å². The summed E-state index contributed by atoms with van der Waals surface area (Å²) in [6, 6.07) is 1.74. The summed E-state index contributed by atoms with van der Waals surface area (Å²) in [7, 11) is 0. The third kappa shape index (κ3) is 4.75. The van der Waals surface area contributed by atoms with Crippen LogP contribution in [0, 0.1) is 0 Å². The minimum absolute atomic E-state index is 0.0149. The maximum Gasteiger partial charge on any atom is 0.407 e. The molecule has 0 bridgehead atoms. The molecule has 0 aliphatic carbocycles. The van der Waals surface area contributed by atoms with Gasteiger partial charge in [0.15, 0.2) is 0 Å². The van der Waals surface area contributed by atoms with Gasteiger partial charge in [0.05, 0.1) is 5.92 Å². The van der Waals surface area contributed by atoms with Gasteiger partial charge in [-0.1, -0.05) is 0 Å². The van der Waals surface area contributed by atoms with Crippen LogP contribution in [0.1, 0.15) is 32.3 Å². The van der Waals surface area contributed by atoms with E-state index in [9.17, 15) is 9.59 Å². The van der Waals surface area contributed by atoms with E-state index in [1.807, 2.05) is 0 Å². The molecule has 2 N–H and O–H groups in total. The fourth-order valence-electron chi connectivity index (χ4n) is 1.32. The minimum Gasteiger partial charge on any atom is -0.481 e. The largest absolute Gasteiger partial charge is 0.481 e. The molecule has 0 aliphatic heterocycles. The fourth-order valence-corrected chi connectivity index (χ4v) is 2.03. The molecule has 0 saturated carbocycles. The molecule has 1 amide bonds. The van der Waals surface area contributed by atoms with Crippen molar-refractivity contribution in [1.82, 2.24) is 5.32 Å². The maximum absolute atomic E-state index is 11.4. The number of hydrogen-bond donors (Lipinski definition) is 2. The van der Waals surface area contributed by atoms with Crippen LogP contribution in [-0.2, 0) is 9.53 Å². The van der Waals surface area contributed by atoms with Crippen LogP contribution in [0.3, 0.4) is 0 Å². The summed E-state index contributed by atoms with van der Waals surface area (Å²) in [6.45, 7) is 5.27. The Morgan fingerprint density at radius 2 is 2.17 bits per heavy atom. The van der Waals surface area contributed by atoms with E-state index >= 15 is 0 Å². The first-order valence-electron chi connectivity index (χ1n) is 5.51. The zero-order valence-electron chi connectivity index (χ0n) is 10.6. The quantitative estimate of drug-likeness (QED) is 0.882. The Balaban J connectivity index is 2.54. The molecule has 1 atom stereocenters. The number of thiophene rings is 1. The zero-order valence-corrected chi connectivity index (χ0v) is 11.4. The molecule has 1 rings (SSSR count). The average Bonchev–Trinajstić information content (AvgIpc) is 2.67. The van der Waals surface area contributed by atoms with Crippen LogP contribution < -0.4 is 5.32 Å². The molecular formula is C12H17NO4S. The summed E-state index contributed by atoms with van der Waals surface area (Å²) < 4.78 is 5.04. The summed E-state index contributed by atoms with van der Waals surface area (Å²) in [4.78, 5) is 22.5. The Bertz CT molecular complexity index is 408. The van der Waals surface area contributed by atoms with Gasteiger partial charge in [0.25, 0.3) is 0 Å². The van der Waals surface area contributed by atoms with Gasteiger partial charge in [-0.2, -0.15) is 11.3 Å². The van der Waals surface area contributed by atoms with Crippen molar-refractivity contribution in [3.05, 3.63) is 22.4 Å². The van der Waals surface area contributed by atoms with Crippen molar-refractivity contribution < 1.29 is 19.4 Å². The van der Waals surface area contributed by atoms with Crippen molar-refractivity contribution in [3.8, 4) is 0 Å². The number of nitrogens with one attached hydrogen (secondary N) is 1. The predicted octanol–water partition coefficient (Wildman–Crippen LogP) is 2.44. The highest BCUT2D eigenvalue weighted by molar-refractivity contribution is 7.08. The molecule has 0 spiro atoms. The third-order valence-corrected chi connectivity index (χ3v) is 2.79. The van der Waals surface area contributed by atoms with Crippen LogP contribution >= 0.6 is 11.3 Å². The molecule has 1 heterocycles. The van der Waals surface area contributed by atoms with Gasteiger partial charge in [-0.3, -0.25) is 4.79 Å². The SMILES string of the molecule is CC(C)(C)OC(=O)NC[C@@H](C(=O)O)c1ccsc1. The zero-order chi connectivity index (χ0) is 13.8. The Labute approximate surface area is 110 Å². The second kappa shape index (κ2) is 5.86. The Hall–Kier alpha value is -1.56. The van der Waals surface area contributed by atoms with Gasteiger partial charge >= 0.3 is 12.1 Å². The van der Waals surface area contributed by atoms with Gasteiger partial charge in [-0.15, -0.1) is 0 Å². The van der Waals surface area contributed by atoms with Gasteiger partial charge in [0.1, 0.15) is 5.60 Å². The summed E-state index contributed by atoms with van der Waals surface area (Å²) in [5.74, 6) is -1.71. The lowest BCUT2D eigenvalue weighted by Crippen LogP contribution is -2.36. The second-order valence-electron chi connectivity index (χ2n) is 4.83. The maximum atomic E-state index is 11.4. The van der Waals surface area contributed by atoms with Crippen molar-refractivity contribution in [3.63, 3.8) is 0 Å². The lowest BCUT2D eigenvalue weighted by molar-refractivity contribution is -0.138. The Kier molecular flexibility index (Phi) is 4.72. The number of carboxylic acid groups (broad SMARTS) is 1. The summed E-state index contributed by atoms with van der Waals surface area (Å²) in [5.41, 5.74) is 0.0918. The number of carbonyl (C=O) groups excluding carboxylic acids is 1. The number of carboxylic acids is 1. The highest BCUT2D eigenvalue weighted by Crippen LogP contribution is 2.18. The van der Waals surface area contributed by atoms with Gasteiger partial charge in [0.2, 0.25) is 0 Å². The highest BCUT2D eigenvalue weighted by Gasteiger charge is 2.22. The molecule has 0 aliphatic rings. The summed E-state index contributed by atoms with van der Waals surface area (Å²) in [5, 5.41) is 15.1. The lowest BCUT2D eigenvalue weighted by atomic mass is 10.0. The van der Waals surface area contributed by atoms with Crippen molar-refractivity contribution in [2.75, 3.05) is 6.54 Å². The predicted molar refractivity (Wildman–Crippen MR) is 68.9 cm³/mol. The van der Waals surface area contributed by atoms with E-state index in [1.54, 1.807) is 37.6 Å². The normalized spacial score (nSPS) is 12.8. The fraction of sp³-hybridized carbons (Fsp3) is 0.500. The van der Waals surface area contributed by atoms with Gasteiger partial charge in [-0.05, 0) is 43.2 Å². The first-order chi connectivity index (χ1) is 8.29. The number of amides is 1. The number of rotatable bonds is 4. The Morgan fingerprint density at radius 3 is 2.61 bits per heavy atom. The van der Waals surface area contributed by atoms with E-state index < -0.39 is 23.6 Å². The van der Waals surface area contributed by atoms with E-state index in [2.05, 4.69) is 5.32 Å². The van der Waals surface area contributed by atoms with Crippen molar-refractivity contribution >= 4 is 23.4 Å². The standard InChI is InChI=1S/C12H17NO4S/c1-12(2,3)17-11(16)13-6-9(10(14)15)8-4-5-18-7-8/h4-5,7,9H,6H2,1-3H3,(H,13,16)(H,14,15)/t9-/m1/s1. The van der Waals surface area contributed by atoms with Gasteiger partial charge < -0.3 is 15.2 Å². The molecule has 0 saturated heterocycles. The number of aliphatic carboxylic acids is 1. The third-order valence-electron chi connectivity index (χ3n) is 2.09. The van der Waals surface area contributed by atoms with Crippen molar-refractivity contribution in [2.24, 2.45) is 0 Å². The summed E-state index contributed by atoms with van der Waals surface area (Å²) >= 11 is 1.42. The highest BCUT2D eigenvalue weighted by atomic mass is 32.1. The minimum atomic E-state index is -0.968. The van der Waals surface area contributed by atoms with E-state index in [-0.39, 0.29) is 6.54 Å². The van der Waals surface area contributed by atoms with Crippen LogP contribution in [0.25, 0.3) is 0 Å². The van der Waals surface area contributed by atoms with Crippen LogP contribution in [0.2, 0.25) is 0 Å². The van der Waals surface area contributed by atoms with E-state index in [1.165, 1.54) is 11.3 Å². The lowest BCUT2D eigenvalue weighted by Gasteiger charge is -2.20. The smallest absolute Gasteiger partial charge is 0.407 e. The molecule has 0 unspecified atom stereocenters. The van der Waals surface area contributed by atoms with Gasteiger partial charge in [-0.25, -0.2) is 4.79 Å². The van der Waals surface area contributed by atoms with Crippen LogP contribution in [0.15, 0.2) is 16.8 Å². The molecule has 0 fully saturated rings. The number of alkyl carbamates (subject to hydrolysis) is 1. The average molecular weight is 271 g/mol. The molecule has 1 aromatic rings. The first kappa shape index (κ1) is 14.5.